The highest BCUT2D eigenvalue weighted by Gasteiger charge is 2.13. The van der Waals surface area contributed by atoms with Gasteiger partial charge in [-0.05, 0) is 0 Å². The SMILES string of the molecule is [O]C1N=NC=CC1=O. The minimum Gasteiger partial charge on any atom is -0.289 e. The molecule has 0 aromatic carbocycles. The van der Waals surface area contributed by atoms with E-state index >= 15 is 0 Å². The molecule has 4 nitrogen and oxygen atoms in total. The first-order chi connectivity index (χ1) is 3.80. The third kappa shape index (κ3) is 0.788. The highest BCUT2D eigenvalue weighted by Crippen LogP contribution is 1.98. The summed E-state index contributed by atoms with van der Waals surface area (Å²) in [4.78, 5) is 10.2. The number of hydrogen-bond donors (Lipinski definition) is 0. The summed E-state index contributed by atoms with van der Waals surface area (Å²) in [6.45, 7) is 0. The van der Waals surface area contributed by atoms with Gasteiger partial charge in [0.25, 0.3) is 6.23 Å². The van der Waals surface area contributed by atoms with Crippen LogP contribution in [0.4, 0.5) is 0 Å². The molecule has 0 bridgehead atoms. The molecule has 0 aromatic heterocycles. The average Bonchev–Trinajstić information content (AvgIpc) is 1.77. The maximum atomic E-state index is 10.2. The fraction of sp³-hybridized carbons (Fsp3) is 0.250. The Kier molecular flexibility index (Phi) is 1.17. The average molecular weight is 111 g/mol. The van der Waals surface area contributed by atoms with Crippen molar-refractivity contribution in [2.24, 2.45) is 10.2 Å². The van der Waals surface area contributed by atoms with Crippen molar-refractivity contribution in [2.45, 2.75) is 6.23 Å². The van der Waals surface area contributed by atoms with Gasteiger partial charge in [0.1, 0.15) is 0 Å². The summed E-state index contributed by atoms with van der Waals surface area (Å²) < 4.78 is 0. The fourth-order valence-electron chi connectivity index (χ4n) is 0.345. The molecule has 0 saturated heterocycles. The Morgan fingerprint density at radius 3 is 2.75 bits per heavy atom. The van der Waals surface area contributed by atoms with Crippen molar-refractivity contribution in [1.82, 2.24) is 0 Å². The van der Waals surface area contributed by atoms with Crippen LogP contribution in [0.1, 0.15) is 0 Å². The Morgan fingerprint density at radius 2 is 2.38 bits per heavy atom. The van der Waals surface area contributed by atoms with Crippen LogP contribution in [0.25, 0.3) is 0 Å². The molecule has 0 aromatic rings. The Labute approximate surface area is 45.5 Å². The number of carbonyl (C=O) groups excluding carboxylic acids is 1. The van der Waals surface area contributed by atoms with Crippen molar-refractivity contribution in [2.75, 3.05) is 0 Å². The predicted octanol–water partition coefficient (Wildman–Crippen LogP) is 0.292. The zero-order valence-electron chi connectivity index (χ0n) is 3.94. The van der Waals surface area contributed by atoms with E-state index in [0.717, 1.165) is 6.08 Å². The minimum absolute atomic E-state index is 0.528. The second kappa shape index (κ2) is 1.83. The van der Waals surface area contributed by atoms with E-state index in [-0.39, 0.29) is 0 Å². The third-order valence-corrected chi connectivity index (χ3v) is 0.720. The second-order valence-corrected chi connectivity index (χ2v) is 1.30. The summed E-state index contributed by atoms with van der Waals surface area (Å²) >= 11 is 0. The van der Waals surface area contributed by atoms with Gasteiger partial charge in [0, 0.05) is 6.08 Å². The van der Waals surface area contributed by atoms with Gasteiger partial charge in [-0.25, -0.2) is 0 Å². The van der Waals surface area contributed by atoms with E-state index in [9.17, 15) is 9.90 Å². The molecular formula is C4H3N2O2. The van der Waals surface area contributed by atoms with Gasteiger partial charge in [-0.15, -0.1) is 5.11 Å². The van der Waals surface area contributed by atoms with Gasteiger partial charge in [0.2, 0.25) is 5.78 Å². The molecular weight excluding hydrogens is 108 g/mol. The number of azo groups is 1. The first-order valence-corrected chi connectivity index (χ1v) is 2.07. The van der Waals surface area contributed by atoms with Gasteiger partial charge in [-0.1, -0.05) is 0 Å². The molecule has 8 heavy (non-hydrogen) atoms. The molecule has 1 aliphatic rings. The van der Waals surface area contributed by atoms with E-state index in [4.69, 9.17) is 0 Å². The Balaban J connectivity index is 2.74. The molecule has 0 fully saturated rings. The maximum absolute atomic E-state index is 10.2. The molecule has 0 amide bonds. The number of nitrogens with zero attached hydrogens (tertiary/aromatic N) is 2. The number of rotatable bonds is 0. The summed E-state index contributed by atoms with van der Waals surface area (Å²) in [7, 11) is 0. The van der Waals surface area contributed by atoms with Gasteiger partial charge >= 0.3 is 0 Å². The summed E-state index contributed by atoms with van der Waals surface area (Å²) in [6, 6.07) is 0. The van der Waals surface area contributed by atoms with E-state index in [1.54, 1.807) is 0 Å². The summed E-state index contributed by atoms with van der Waals surface area (Å²) in [5, 5.41) is 16.5. The number of carbonyl (C=O) groups is 1. The second-order valence-electron chi connectivity index (χ2n) is 1.30. The van der Waals surface area contributed by atoms with Crippen molar-refractivity contribution in [3.63, 3.8) is 0 Å². The molecule has 0 aliphatic carbocycles. The van der Waals surface area contributed by atoms with Crippen LogP contribution in [0.3, 0.4) is 0 Å². The van der Waals surface area contributed by atoms with Gasteiger partial charge in [0.15, 0.2) is 0 Å². The lowest BCUT2D eigenvalue weighted by Crippen LogP contribution is -2.14. The Hall–Kier alpha value is -1.03. The van der Waals surface area contributed by atoms with Crippen LogP contribution < -0.4 is 0 Å². The normalized spacial score (nSPS) is 26.6. The van der Waals surface area contributed by atoms with E-state index in [2.05, 4.69) is 10.2 Å². The minimum atomic E-state index is -1.51. The lowest BCUT2D eigenvalue weighted by molar-refractivity contribution is -0.125. The highest BCUT2D eigenvalue weighted by atomic mass is 16.3. The van der Waals surface area contributed by atoms with Crippen LogP contribution in [-0.2, 0) is 9.90 Å². The Bertz CT molecular complexity index is 161. The molecule has 0 saturated carbocycles. The number of hydrogen-bond acceptors (Lipinski definition) is 3. The molecule has 4 heteroatoms. The standard InChI is InChI=1S/C4H3N2O2/c7-3-1-2-5-6-4(3)8/h1-2,4H. The van der Waals surface area contributed by atoms with Crippen molar-refractivity contribution >= 4 is 5.78 Å². The molecule has 1 atom stereocenters. The first-order valence-electron chi connectivity index (χ1n) is 2.07. The zero-order chi connectivity index (χ0) is 5.98. The smallest absolute Gasteiger partial charge is 0.264 e. The molecule has 41 valence electrons. The van der Waals surface area contributed by atoms with Crippen LogP contribution in [0.2, 0.25) is 0 Å². The molecule has 1 unspecified atom stereocenters. The van der Waals surface area contributed by atoms with Gasteiger partial charge in [-0.3, -0.25) is 4.79 Å². The highest BCUT2D eigenvalue weighted by molar-refractivity contribution is 5.93. The number of ketones is 1. The molecule has 1 heterocycles. The van der Waals surface area contributed by atoms with E-state index in [1.165, 1.54) is 6.20 Å². The monoisotopic (exact) mass is 111 g/mol. The summed E-state index contributed by atoms with van der Waals surface area (Å²) in [6.07, 6.45) is 0.807. The zero-order valence-corrected chi connectivity index (χ0v) is 3.94. The van der Waals surface area contributed by atoms with Crippen LogP contribution in [0.15, 0.2) is 22.5 Å². The molecule has 0 N–H and O–H groups in total. The quantitative estimate of drug-likeness (QED) is 0.443. The lowest BCUT2D eigenvalue weighted by atomic mass is 10.3. The van der Waals surface area contributed by atoms with Crippen molar-refractivity contribution in [1.29, 1.82) is 0 Å². The fourth-order valence-corrected chi connectivity index (χ4v) is 0.345. The van der Waals surface area contributed by atoms with Crippen molar-refractivity contribution in [3.05, 3.63) is 12.3 Å². The van der Waals surface area contributed by atoms with Crippen LogP contribution in [0.5, 0.6) is 0 Å². The Morgan fingerprint density at radius 1 is 1.62 bits per heavy atom. The topological polar surface area (TPSA) is 61.7 Å². The first kappa shape index (κ1) is 5.11. The van der Waals surface area contributed by atoms with Crippen LogP contribution in [0, 0.1) is 0 Å². The summed E-state index contributed by atoms with van der Waals surface area (Å²) in [5.74, 6) is -0.528. The van der Waals surface area contributed by atoms with E-state index < -0.39 is 12.0 Å². The molecule has 1 radical (unpaired) electrons. The molecule has 1 rings (SSSR count). The van der Waals surface area contributed by atoms with E-state index in [1.807, 2.05) is 0 Å². The molecule has 0 spiro atoms. The third-order valence-electron chi connectivity index (χ3n) is 0.720. The largest absolute Gasteiger partial charge is 0.289 e. The van der Waals surface area contributed by atoms with Gasteiger partial charge in [0.05, 0.1) is 6.20 Å². The lowest BCUT2D eigenvalue weighted by Gasteiger charge is -1.96. The van der Waals surface area contributed by atoms with Gasteiger partial charge in [-0.2, -0.15) is 10.2 Å². The molecule has 1 aliphatic heterocycles. The summed E-state index contributed by atoms with van der Waals surface area (Å²) in [5.41, 5.74) is 0. The van der Waals surface area contributed by atoms with Gasteiger partial charge < -0.3 is 0 Å². The van der Waals surface area contributed by atoms with Crippen LogP contribution in [-0.4, -0.2) is 12.0 Å². The van der Waals surface area contributed by atoms with Crippen molar-refractivity contribution in [3.8, 4) is 0 Å². The van der Waals surface area contributed by atoms with Crippen molar-refractivity contribution < 1.29 is 9.90 Å². The van der Waals surface area contributed by atoms with E-state index in [0.29, 0.717) is 0 Å². The predicted molar refractivity (Wildman–Crippen MR) is 23.5 cm³/mol. The van der Waals surface area contributed by atoms with Crippen LogP contribution >= 0.6 is 0 Å². The maximum Gasteiger partial charge on any atom is 0.264 e.